The summed E-state index contributed by atoms with van der Waals surface area (Å²) in [4.78, 5) is 14.1. The standard InChI is InChI=1S/C8H18N2O/c1-4-5-9(2)6-7-10(3)8-11/h8H,4-7H2,1-3H3. The van der Waals surface area contributed by atoms with Crippen LogP contribution in [0.25, 0.3) is 0 Å². The van der Waals surface area contributed by atoms with Crippen LogP contribution in [0.3, 0.4) is 0 Å². The maximum Gasteiger partial charge on any atom is 0.209 e. The topological polar surface area (TPSA) is 23.6 Å². The Morgan fingerprint density at radius 1 is 1.18 bits per heavy atom. The number of amides is 1. The van der Waals surface area contributed by atoms with E-state index in [1.54, 1.807) is 11.9 Å². The van der Waals surface area contributed by atoms with E-state index in [1.165, 1.54) is 6.42 Å². The van der Waals surface area contributed by atoms with Gasteiger partial charge in [-0.05, 0) is 20.0 Å². The molecule has 0 aromatic rings. The maximum absolute atomic E-state index is 10.2. The van der Waals surface area contributed by atoms with E-state index >= 15 is 0 Å². The van der Waals surface area contributed by atoms with Crippen LogP contribution in [0.15, 0.2) is 0 Å². The van der Waals surface area contributed by atoms with E-state index in [0.717, 1.165) is 26.0 Å². The number of hydrogen-bond donors (Lipinski definition) is 0. The molecule has 0 saturated heterocycles. The fraction of sp³-hybridized carbons (Fsp3) is 0.875. The van der Waals surface area contributed by atoms with Gasteiger partial charge in [-0.15, -0.1) is 0 Å². The van der Waals surface area contributed by atoms with Crippen LogP contribution in [-0.4, -0.2) is 49.9 Å². The third-order valence-corrected chi connectivity index (χ3v) is 1.62. The molecule has 0 saturated carbocycles. The Bertz CT molecular complexity index is 106. The van der Waals surface area contributed by atoms with Gasteiger partial charge in [0.2, 0.25) is 6.41 Å². The van der Waals surface area contributed by atoms with Gasteiger partial charge in [0.1, 0.15) is 0 Å². The van der Waals surface area contributed by atoms with Crippen LogP contribution in [0, 0.1) is 0 Å². The highest BCUT2D eigenvalue weighted by Crippen LogP contribution is 1.86. The van der Waals surface area contributed by atoms with Crippen molar-refractivity contribution in [1.29, 1.82) is 0 Å². The molecule has 66 valence electrons. The van der Waals surface area contributed by atoms with Crippen LogP contribution in [0.4, 0.5) is 0 Å². The second-order valence-electron chi connectivity index (χ2n) is 2.89. The van der Waals surface area contributed by atoms with Gasteiger partial charge in [-0.25, -0.2) is 0 Å². The minimum Gasteiger partial charge on any atom is -0.347 e. The molecule has 0 atom stereocenters. The van der Waals surface area contributed by atoms with Crippen molar-refractivity contribution in [2.45, 2.75) is 13.3 Å². The molecule has 0 aromatic heterocycles. The number of nitrogens with zero attached hydrogens (tertiary/aromatic N) is 2. The van der Waals surface area contributed by atoms with Gasteiger partial charge in [-0.2, -0.15) is 0 Å². The summed E-state index contributed by atoms with van der Waals surface area (Å²) >= 11 is 0. The molecule has 0 bridgehead atoms. The van der Waals surface area contributed by atoms with Crippen LogP contribution in [0.5, 0.6) is 0 Å². The zero-order valence-electron chi connectivity index (χ0n) is 7.71. The van der Waals surface area contributed by atoms with Gasteiger partial charge in [0.15, 0.2) is 0 Å². The van der Waals surface area contributed by atoms with Gasteiger partial charge in [-0.3, -0.25) is 4.79 Å². The van der Waals surface area contributed by atoms with Crippen LogP contribution in [0.2, 0.25) is 0 Å². The Morgan fingerprint density at radius 2 is 1.82 bits per heavy atom. The minimum absolute atomic E-state index is 0.819. The smallest absolute Gasteiger partial charge is 0.209 e. The summed E-state index contributed by atoms with van der Waals surface area (Å²) in [7, 11) is 3.87. The van der Waals surface area contributed by atoms with Crippen molar-refractivity contribution in [1.82, 2.24) is 9.80 Å². The average molecular weight is 158 g/mol. The van der Waals surface area contributed by atoms with Crippen molar-refractivity contribution in [3.63, 3.8) is 0 Å². The Balaban J connectivity index is 3.29. The third kappa shape index (κ3) is 5.85. The summed E-state index contributed by atoms with van der Waals surface area (Å²) in [5, 5.41) is 0. The number of likely N-dealkylation sites (N-methyl/N-ethyl adjacent to an activating group) is 2. The predicted molar refractivity (Wildman–Crippen MR) is 46.5 cm³/mol. The largest absolute Gasteiger partial charge is 0.347 e. The molecule has 3 nitrogen and oxygen atoms in total. The van der Waals surface area contributed by atoms with E-state index in [4.69, 9.17) is 0 Å². The molecule has 11 heavy (non-hydrogen) atoms. The average Bonchev–Trinajstić information content (AvgIpc) is 2.01. The van der Waals surface area contributed by atoms with Gasteiger partial charge in [-0.1, -0.05) is 6.92 Å². The lowest BCUT2D eigenvalue weighted by atomic mass is 10.4. The van der Waals surface area contributed by atoms with Crippen molar-refractivity contribution < 1.29 is 4.79 Å². The van der Waals surface area contributed by atoms with Crippen LogP contribution >= 0.6 is 0 Å². The number of rotatable bonds is 6. The van der Waals surface area contributed by atoms with Crippen molar-refractivity contribution in [2.75, 3.05) is 33.7 Å². The lowest BCUT2D eigenvalue weighted by Gasteiger charge is -2.18. The van der Waals surface area contributed by atoms with Crippen molar-refractivity contribution >= 4 is 6.41 Å². The van der Waals surface area contributed by atoms with Crippen molar-refractivity contribution in [3.05, 3.63) is 0 Å². The normalized spacial score (nSPS) is 10.2. The Kier molecular flexibility index (Phi) is 5.84. The first-order valence-electron chi connectivity index (χ1n) is 4.04. The lowest BCUT2D eigenvalue weighted by molar-refractivity contribution is -0.117. The first-order chi connectivity index (χ1) is 5.20. The van der Waals surface area contributed by atoms with Crippen molar-refractivity contribution in [3.8, 4) is 0 Å². The molecule has 0 unspecified atom stereocenters. The molecule has 0 aliphatic carbocycles. The molecule has 0 aliphatic heterocycles. The molecule has 3 heteroatoms. The molecular weight excluding hydrogens is 140 g/mol. The highest BCUT2D eigenvalue weighted by molar-refractivity contribution is 5.46. The Morgan fingerprint density at radius 3 is 2.27 bits per heavy atom. The number of carbonyl (C=O) groups excluding carboxylic acids is 1. The van der Waals surface area contributed by atoms with Crippen LogP contribution in [0.1, 0.15) is 13.3 Å². The van der Waals surface area contributed by atoms with E-state index in [0.29, 0.717) is 0 Å². The Hall–Kier alpha value is -0.570. The highest BCUT2D eigenvalue weighted by Gasteiger charge is 1.97. The fourth-order valence-electron chi connectivity index (χ4n) is 0.875. The van der Waals surface area contributed by atoms with E-state index in [9.17, 15) is 4.79 Å². The zero-order chi connectivity index (χ0) is 8.69. The monoisotopic (exact) mass is 158 g/mol. The molecule has 1 amide bonds. The second kappa shape index (κ2) is 6.16. The summed E-state index contributed by atoms with van der Waals surface area (Å²) in [5.74, 6) is 0. The number of hydrogen-bond acceptors (Lipinski definition) is 2. The van der Waals surface area contributed by atoms with E-state index in [-0.39, 0.29) is 0 Å². The molecular formula is C8H18N2O. The van der Waals surface area contributed by atoms with Gasteiger partial charge in [0.25, 0.3) is 0 Å². The second-order valence-corrected chi connectivity index (χ2v) is 2.89. The van der Waals surface area contributed by atoms with Crippen molar-refractivity contribution in [2.24, 2.45) is 0 Å². The van der Waals surface area contributed by atoms with Gasteiger partial charge in [0.05, 0.1) is 0 Å². The summed E-state index contributed by atoms with van der Waals surface area (Å²) in [6.45, 7) is 5.04. The fourth-order valence-corrected chi connectivity index (χ4v) is 0.875. The summed E-state index contributed by atoms with van der Waals surface area (Å²) in [5.41, 5.74) is 0. The Labute approximate surface area is 69.0 Å². The lowest BCUT2D eigenvalue weighted by Crippen LogP contribution is -2.30. The molecule has 0 aliphatic rings. The van der Waals surface area contributed by atoms with E-state index in [1.807, 2.05) is 0 Å². The van der Waals surface area contributed by atoms with Gasteiger partial charge < -0.3 is 9.80 Å². The summed E-state index contributed by atoms with van der Waals surface area (Å²) in [6, 6.07) is 0. The third-order valence-electron chi connectivity index (χ3n) is 1.62. The molecule has 0 radical (unpaired) electrons. The number of carbonyl (C=O) groups is 1. The van der Waals surface area contributed by atoms with E-state index in [2.05, 4.69) is 18.9 Å². The summed E-state index contributed by atoms with van der Waals surface area (Å²) < 4.78 is 0. The summed E-state index contributed by atoms with van der Waals surface area (Å²) in [6.07, 6.45) is 2.03. The molecule has 0 N–H and O–H groups in total. The molecule has 0 heterocycles. The quantitative estimate of drug-likeness (QED) is 0.523. The highest BCUT2D eigenvalue weighted by atomic mass is 16.1. The molecule has 0 rings (SSSR count). The molecule has 0 spiro atoms. The first-order valence-corrected chi connectivity index (χ1v) is 4.04. The SMILES string of the molecule is CCCN(C)CCN(C)C=O. The predicted octanol–water partition coefficient (Wildman–Crippen LogP) is 0.416. The van der Waals surface area contributed by atoms with Crippen LogP contribution in [-0.2, 0) is 4.79 Å². The zero-order valence-corrected chi connectivity index (χ0v) is 7.71. The minimum atomic E-state index is 0.819. The maximum atomic E-state index is 10.2. The first kappa shape index (κ1) is 10.4. The van der Waals surface area contributed by atoms with E-state index < -0.39 is 0 Å². The van der Waals surface area contributed by atoms with Gasteiger partial charge >= 0.3 is 0 Å². The molecule has 0 fully saturated rings. The van der Waals surface area contributed by atoms with Gasteiger partial charge in [0, 0.05) is 20.1 Å². The van der Waals surface area contributed by atoms with Crippen LogP contribution < -0.4 is 0 Å². The molecule has 0 aromatic carbocycles.